The summed E-state index contributed by atoms with van der Waals surface area (Å²) in [6.45, 7) is 8.64. The minimum atomic E-state index is 0.337. The van der Waals surface area contributed by atoms with Gasteiger partial charge >= 0.3 is 0 Å². The molecule has 4 atom stereocenters. The lowest BCUT2D eigenvalue weighted by Gasteiger charge is -2.28. The van der Waals surface area contributed by atoms with E-state index in [2.05, 4.69) is 49.1 Å². The van der Waals surface area contributed by atoms with Crippen molar-refractivity contribution in [3.8, 4) is 0 Å². The maximum absolute atomic E-state index is 6.50. The third-order valence-electron chi connectivity index (χ3n) is 6.61. The van der Waals surface area contributed by atoms with Crippen molar-refractivity contribution < 1.29 is 4.74 Å². The average Bonchev–Trinajstić information content (AvgIpc) is 2.93. The van der Waals surface area contributed by atoms with Crippen LogP contribution in [0.3, 0.4) is 0 Å². The van der Waals surface area contributed by atoms with Crippen LogP contribution in [0.4, 0.5) is 0 Å². The molecule has 5 rings (SSSR count). The van der Waals surface area contributed by atoms with E-state index in [0.29, 0.717) is 6.10 Å². The molecule has 0 amide bonds. The van der Waals surface area contributed by atoms with Crippen LogP contribution in [-0.2, 0) is 4.74 Å². The molecule has 2 heteroatoms. The van der Waals surface area contributed by atoms with Crippen molar-refractivity contribution in [1.29, 1.82) is 0 Å². The van der Waals surface area contributed by atoms with Gasteiger partial charge in [0.1, 0.15) is 0 Å². The molecule has 120 valence electrons. The maximum Gasteiger partial charge on any atom is 0.0859 e. The second kappa shape index (κ2) is 5.98. The molecule has 4 unspecified atom stereocenters. The van der Waals surface area contributed by atoms with Gasteiger partial charge in [-0.2, -0.15) is 0 Å². The fourth-order valence-electron chi connectivity index (χ4n) is 5.50. The molecule has 4 saturated carbocycles. The van der Waals surface area contributed by atoms with Gasteiger partial charge in [0.05, 0.1) is 12.7 Å². The van der Waals surface area contributed by atoms with Crippen LogP contribution < -0.4 is 0 Å². The second-order valence-corrected chi connectivity index (χ2v) is 7.44. The zero-order chi connectivity index (χ0) is 15.1. The summed E-state index contributed by atoms with van der Waals surface area (Å²) in [5.41, 5.74) is 1.41. The van der Waals surface area contributed by atoms with E-state index in [1.807, 2.05) is 0 Å². The molecule has 2 nitrogen and oxygen atoms in total. The van der Waals surface area contributed by atoms with Gasteiger partial charge in [-0.05, 0) is 61.1 Å². The standard InChI is InChI=1S/C20H29NO/c1-3-21(4-2)10-11-22-20(14-8-6-5-7-9-14)18-15-12-16-17(13-15)19(16)18/h5-9,15-20H,3-4,10-13H2,1-2H3. The van der Waals surface area contributed by atoms with Gasteiger partial charge in [0.15, 0.2) is 0 Å². The van der Waals surface area contributed by atoms with Crippen LogP contribution in [0.1, 0.15) is 38.4 Å². The van der Waals surface area contributed by atoms with Gasteiger partial charge in [0.2, 0.25) is 0 Å². The third kappa shape index (κ3) is 2.41. The number of rotatable bonds is 8. The molecule has 0 heterocycles. The highest BCUT2D eigenvalue weighted by Crippen LogP contribution is 2.75. The van der Waals surface area contributed by atoms with E-state index in [1.165, 1.54) is 18.4 Å². The predicted octanol–water partition coefficient (Wildman–Crippen LogP) is 3.99. The number of likely N-dealkylation sites (N-methyl/N-ethyl adjacent to an activating group) is 1. The van der Waals surface area contributed by atoms with Crippen LogP contribution in [0.15, 0.2) is 30.3 Å². The van der Waals surface area contributed by atoms with Crippen LogP contribution in [-0.4, -0.2) is 31.1 Å². The highest BCUT2D eigenvalue weighted by atomic mass is 16.5. The number of nitrogens with zero attached hydrogens (tertiary/aromatic N) is 1. The third-order valence-corrected chi connectivity index (χ3v) is 6.61. The highest BCUT2D eigenvalue weighted by molar-refractivity contribution is 5.25. The minimum Gasteiger partial charge on any atom is -0.372 e. The molecule has 0 aromatic heterocycles. The second-order valence-electron chi connectivity index (χ2n) is 7.44. The molecule has 1 aromatic carbocycles. The summed E-state index contributed by atoms with van der Waals surface area (Å²) < 4.78 is 6.50. The quantitative estimate of drug-likeness (QED) is 0.719. The summed E-state index contributed by atoms with van der Waals surface area (Å²) in [6, 6.07) is 11.0. The van der Waals surface area contributed by atoms with Gasteiger partial charge in [-0.25, -0.2) is 0 Å². The summed E-state index contributed by atoms with van der Waals surface area (Å²) in [6.07, 6.45) is 3.31. The van der Waals surface area contributed by atoms with E-state index < -0.39 is 0 Å². The topological polar surface area (TPSA) is 12.5 Å². The van der Waals surface area contributed by atoms with Crippen molar-refractivity contribution in [3.05, 3.63) is 35.9 Å². The lowest BCUT2D eigenvalue weighted by atomic mass is 9.88. The first-order chi connectivity index (χ1) is 10.8. The zero-order valence-electron chi connectivity index (χ0n) is 13.9. The molecule has 0 saturated heterocycles. The Labute approximate surface area is 134 Å². The lowest BCUT2D eigenvalue weighted by molar-refractivity contribution is -0.0107. The van der Waals surface area contributed by atoms with Gasteiger partial charge in [-0.15, -0.1) is 0 Å². The molecular formula is C20H29NO. The molecule has 4 aliphatic rings. The summed E-state index contributed by atoms with van der Waals surface area (Å²) in [5.74, 6) is 4.86. The molecule has 1 aromatic rings. The Morgan fingerprint density at radius 1 is 1.09 bits per heavy atom. The first-order valence-electron chi connectivity index (χ1n) is 9.22. The van der Waals surface area contributed by atoms with Crippen LogP contribution in [0, 0.1) is 29.6 Å². The monoisotopic (exact) mass is 299 g/mol. The van der Waals surface area contributed by atoms with Crippen LogP contribution in [0.5, 0.6) is 0 Å². The first-order valence-corrected chi connectivity index (χ1v) is 9.22. The minimum absolute atomic E-state index is 0.337. The van der Waals surface area contributed by atoms with Crippen LogP contribution in [0.2, 0.25) is 0 Å². The summed E-state index contributed by atoms with van der Waals surface area (Å²) in [4.78, 5) is 2.45. The van der Waals surface area contributed by atoms with E-state index >= 15 is 0 Å². The molecule has 0 N–H and O–H groups in total. The van der Waals surface area contributed by atoms with E-state index in [-0.39, 0.29) is 0 Å². The molecule has 4 bridgehead atoms. The Morgan fingerprint density at radius 2 is 1.77 bits per heavy atom. The van der Waals surface area contributed by atoms with Crippen molar-refractivity contribution in [2.45, 2.75) is 32.8 Å². The molecule has 22 heavy (non-hydrogen) atoms. The molecule has 0 spiro atoms. The molecule has 4 aliphatic carbocycles. The summed E-state index contributed by atoms with van der Waals surface area (Å²) >= 11 is 0. The van der Waals surface area contributed by atoms with Gasteiger partial charge in [0, 0.05) is 6.54 Å². The molecular weight excluding hydrogens is 270 g/mol. The van der Waals surface area contributed by atoms with Gasteiger partial charge in [-0.3, -0.25) is 0 Å². The lowest BCUT2D eigenvalue weighted by Crippen LogP contribution is -2.29. The van der Waals surface area contributed by atoms with E-state index in [1.54, 1.807) is 0 Å². The fourth-order valence-corrected chi connectivity index (χ4v) is 5.50. The predicted molar refractivity (Wildman–Crippen MR) is 89.6 cm³/mol. The van der Waals surface area contributed by atoms with Crippen molar-refractivity contribution in [2.75, 3.05) is 26.2 Å². The largest absolute Gasteiger partial charge is 0.372 e. The number of hydrogen-bond acceptors (Lipinski definition) is 2. The first kappa shape index (κ1) is 14.7. The van der Waals surface area contributed by atoms with Crippen molar-refractivity contribution >= 4 is 0 Å². The summed E-state index contributed by atoms with van der Waals surface area (Å²) in [7, 11) is 0. The number of ether oxygens (including phenoxy) is 1. The Balaban J connectivity index is 1.45. The number of hydrogen-bond donors (Lipinski definition) is 0. The Hall–Kier alpha value is -0.860. The van der Waals surface area contributed by atoms with Gasteiger partial charge in [-0.1, -0.05) is 44.2 Å². The SMILES string of the molecule is CCN(CC)CCOC(c1ccccc1)C1C2CC3C(C2)C31. The smallest absolute Gasteiger partial charge is 0.0859 e. The molecule has 4 fully saturated rings. The van der Waals surface area contributed by atoms with Crippen LogP contribution in [0.25, 0.3) is 0 Å². The Kier molecular flexibility index (Phi) is 4.00. The van der Waals surface area contributed by atoms with Crippen molar-refractivity contribution in [1.82, 2.24) is 4.90 Å². The fraction of sp³-hybridized carbons (Fsp3) is 0.700. The molecule has 0 radical (unpaired) electrons. The van der Waals surface area contributed by atoms with E-state index in [0.717, 1.165) is 55.8 Å². The van der Waals surface area contributed by atoms with Gasteiger partial charge in [0.25, 0.3) is 0 Å². The normalized spacial score (nSPS) is 36.0. The average molecular weight is 299 g/mol. The Morgan fingerprint density at radius 3 is 2.32 bits per heavy atom. The highest BCUT2D eigenvalue weighted by Gasteiger charge is 2.69. The van der Waals surface area contributed by atoms with Crippen molar-refractivity contribution in [3.63, 3.8) is 0 Å². The zero-order valence-corrected chi connectivity index (χ0v) is 13.9. The van der Waals surface area contributed by atoms with E-state index in [4.69, 9.17) is 4.74 Å². The Bertz CT molecular complexity index is 484. The molecule has 0 aliphatic heterocycles. The number of benzene rings is 1. The maximum atomic E-state index is 6.50. The van der Waals surface area contributed by atoms with Crippen molar-refractivity contribution in [2.24, 2.45) is 29.6 Å². The van der Waals surface area contributed by atoms with Gasteiger partial charge < -0.3 is 9.64 Å². The van der Waals surface area contributed by atoms with E-state index in [9.17, 15) is 0 Å². The summed E-state index contributed by atoms with van der Waals surface area (Å²) in [5, 5.41) is 0. The van der Waals surface area contributed by atoms with Crippen LogP contribution >= 0.6 is 0 Å².